The molecule has 0 unspecified atom stereocenters. The number of halogens is 1. The Morgan fingerprint density at radius 1 is 0.737 bits per heavy atom. The van der Waals surface area contributed by atoms with E-state index in [2.05, 4.69) is 26.0 Å². The van der Waals surface area contributed by atoms with Crippen molar-refractivity contribution >= 4 is 0 Å². The molecule has 1 fully saturated rings. The lowest BCUT2D eigenvalue weighted by Gasteiger charge is -2.29. The van der Waals surface area contributed by atoms with Crippen molar-refractivity contribution in [1.82, 2.24) is 0 Å². The first-order valence-corrected chi connectivity index (χ1v) is 15.4. The van der Waals surface area contributed by atoms with E-state index < -0.39 is 0 Å². The Labute approximate surface area is 231 Å². The lowest BCUT2D eigenvalue weighted by molar-refractivity contribution is -0.203. The quantitative estimate of drug-likeness (QED) is 0.170. The summed E-state index contributed by atoms with van der Waals surface area (Å²) in [7, 11) is 0. The third-order valence-electron chi connectivity index (χ3n) is 7.64. The second-order valence-corrected chi connectivity index (χ2v) is 11.0. The maximum atomic E-state index is 14.8. The van der Waals surface area contributed by atoms with Crippen LogP contribution in [0.5, 0.6) is 5.75 Å². The van der Waals surface area contributed by atoms with Gasteiger partial charge in [-0.3, -0.25) is 0 Å². The van der Waals surface area contributed by atoms with E-state index in [4.69, 9.17) is 14.2 Å². The molecule has 0 bridgehead atoms. The topological polar surface area (TPSA) is 27.7 Å². The first-order valence-electron chi connectivity index (χ1n) is 15.4. The van der Waals surface area contributed by atoms with Crippen LogP contribution in [-0.2, 0) is 15.9 Å². The second kappa shape index (κ2) is 18.4. The van der Waals surface area contributed by atoms with Crippen molar-refractivity contribution in [2.75, 3.05) is 19.8 Å². The van der Waals surface area contributed by atoms with Crippen molar-refractivity contribution in [3.05, 3.63) is 53.8 Å². The molecule has 212 valence electrons. The average molecular weight is 527 g/mol. The van der Waals surface area contributed by atoms with Gasteiger partial charge in [0, 0.05) is 24.0 Å². The van der Waals surface area contributed by atoms with Gasteiger partial charge in [0.15, 0.2) is 6.29 Å². The highest BCUT2D eigenvalue weighted by atomic mass is 19.1. The zero-order valence-corrected chi connectivity index (χ0v) is 24.0. The molecular weight excluding hydrogens is 475 g/mol. The summed E-state index contributed by atoms with van der Waals surface area (Å²) in [5.74, 6) is 0.915. The Bertz CT molecular complexity index is 874. The van der Waals surface area contributed by atoms with Crippen LogP contribution in [0, 0.1) is 11.7 Å². The summed E-state index contributed by atoms with van der Waals surface area (Å²) < 4.78 is 32.6. The molecule has 0 radical (unpaired) electrons. The first-order chi connectivity index (χ1) is 18.7. The van der Waals surface area contributed by atoms with Gasteiger partial charge in [-0.25, -0.2) is 4.39 Å². The lowest BCUT2D eigenvalue weighted by atomic mass is 10.0. The van der Waals surface area contributed by atoms with Crippen LogP contribution in [0.25, 0.3) is 11.1 Å². The predicted molar refractivity (Wildman–Crippen MR) is 156 cm³/mol. The minimum atomic E-state index is -0.237. The molecule has 2 aromatic carbocycles. The molecule has 0 aliphatic carbocycles. The molecule has 1 saturated heterocycles. The molecule has 0 saturated carbocycles. The normalized spacial score (nSPS) is 17.6. The number of hydrogen-bond acceptors (Lipinski definition) is 3. The van der Waals surface area contributed by atoms with Crippen molar-refractivity contribution in [1.29, 1.82) is 0 Å². The summed E-state index contributed by atoms with van der Waals surface area (Å²) in [6, 6.07) is 13.4. The van der Waals surface area contributed by atoms with Gasteiger partial charge in [-0.1, -0.05) is 109 Å². The summed E-state index contributed by atoms with van der Waals surface area (Å²) >= 11 is 0. The molecule has 1 heterocycles. The van der Waals surface area contributed by atoms with Crippen molar-refractivity contribution in [2.45, 2.75) is 116 Å². The highest BCUT2D eigenvalue weighted by Gasteiger charge is 2.21. The maximum absolute atomic E-state index is 14.8. The summed E-state index contributed by atoms with van der Waals surface area (Å²) in [4.78, 5) is 0. The van der Waals surface area contributed by atoms with E-state index in [1.165, 1.54) is 88.7 Å². The Kier molecular flexibility index (Phi) is 14.8. The van der Waals surface area contributed by atoms with E-state index >= 15 is 0 Å². The fourth-order valence-corrected chi connectivity index (χ4v) is 5.16. The lowest BCUT2D eigenvalue weighted by Crippen LogP contribution is -2.32. The van der Waals surface area contributed by atoms with Crippen LogP contribution in [0.2, 0.25) is 0 Å². The molecule has 4 heteroatoms. The number of benzene rings is 2. The number of rotatable bonds is 19. The molecule has 2 aromatic rings. The summed E-state index contributed by atoms with van der Waals surface area (Å²) in [5, 5.41) is 0. The van der Waals surface area contributed by atoms with Crippen LogP contribution in [0.3, 0.4) is 0 Å². The Balaban J connectivity index is 1.34. The van der Waals surface area contributed by atoms with Gasteiger partial charge in [0.05, 0.1) is 19.8 Å². The summed E-state index contributed by atoms with van der Waals surface area (Å²) in [6.45, 7) is 6.77. The van der Waals surface area contributed by atoms with Crippen molar-refractivity contribution in [3.63, 3.8) is 0 Å². The van der Waals surface area contributed by atoms with Crippen LogP contribution in [0.15, 0.2) is 42.5 Å². The van der Waals surface area contributed by atoms with E-state index in [0.717, 1.165) is 38.0 Å². The molecule has 0 atom stereocenters. The van der Waals surface area contributed by atoms with E-state index in [0.29, 0.717) is 23.8 Å². The Morgan fingerprint density at radius 3 is 2.03 bits per heavy atom. The molecular formula is C34H51FO3. The van der Waals surface area contributed by atoms with Gasteiger partial charge in [0.2, 0.25) is 0 Å². The van der Waals surface area contributed by atoms with Gasteiger partial charge >= 0.3 is 0 Å². The average Bonchev–Trinajstić information content (AvgIpc) is 2.94. The number of aryl methyl sites for hydroxylation is 1. The zero-order chi connectivity index (χ0) is 26.8. The van der Waals surface area contributed by atoms with Gasteiger partial charge < -0.3 is 14.2 Å². The molecule has 3 nitrogen and oxygen atoms in total. The standard InChI is InChI=1S/C34H51FO3/c1-3-5-7-9-10-12-14-24-36-31-21-22-32(33(35)25-31)30-19-16-28(17-20-30)18-23-34-37-26-29(27-38-34)15-13-11-8-6-4-2/h16-17,19-22,25,29,34H,3-15,18,23-24,26-27H2,1-2H3. The summed E-state index contributed by atoms with van der Waals surface area (Å²) in [5.41, 5.74) is 2.71. The van der Waals surface area contributed by atoms with E-state index in [9.17, 15) is 4.39 Å². The predicted octanol–water partition coefficient (Wildman–Crippen LogP) is 9.90. The number of unbranched alkanes of at least 4 members (excludes halogenated alkanes) is 10. The highest BCUT2D eigenvalue weighted by Crippen LogP contribution is 2.27. The first kappa shape index (κ1) is 30.6. The van der Waals surface area contributed by atoms with Crippen LogP contribution in [0.4, 0.5) is 4.39 Å². The fourth-order valence-electron chi connectivity index (χ4n) is 5.16. The molecule has 3 rings (SSSR count). The van der Waals surface area contributed by atoms with Crippen LogP contribution >= 0.6 is 0 Å². The molecule has 0 aromatic heterocycles. The van der Waals surface area contributed by atoms with Crippen molar-refractivity contribution < 1.29 is 18.6 Å². The van der Waals surface area contributed by atoms with Gasteiger partial charge in [0.1, 0.15) is 11.6 Å². The third-order valence-corrected chi connectivity index (χ3v) is 7.64. The van der Waals surface area contributed by atoms with E-state index in [-0.39, 0.29) is 12.1 Å². The molecule has 0 N–H and O–H groups in total. The van der Waals surface area contributed by atoms with Crippen molar-refractivity contribution in [2.24, 2.45) is 5.92 Å². The molecule has 0 spiro atoms. The third kappa shape index (κ3) is 11.5. The Morgan fingerprint density at radius 2 is 1.37 bits per heavy atom. The number of ether oxygens (including phenoxy) is 3. The van der Waals surface area contributed by atoms with Crippen LogP contribution < -0.4 is 4.74 Å². The SMILES string of the molecule is CCCCCCCCCOc1ccc(-c2ccc(CCC3OCC(CCCCCCC)CO3)cc2)c(F)c1. The summed E-state index contributed by atoms with van der Waals surface area (Å²) in [6.07, 6.45) is 18.1. The smallest absolute Gasteiger partial charge is 0.157 e. The van der Waals surface area contributed by atoms with E-state index in [1.54, 1.807) is 0 Å². The van der Waals surface area contributed by atoms with E-state index in [1.807, 2.05) is 24.3 Å². The molecule has 1 aliphatic rings. The highest BCUT2D eigenvalue weighted by molar-refractivity contribution is 5.65. The second-order valence-electron chi connectivity index (χ2n) is 11.0. The largest absolute Gasteiger partial charge is 0.493 e. The molecule has 1 aliphatic heterocycles. The van der Waals surface area contributed by atoms with Gasteiger partial charge in [-0.05, 0) is 42.5 Å². The maximum Gasteiger partial charge on any atom is 0.157 e. The minimum absolute atomic E-state index is 0.114. The van der Waals surface area contributed by atoms with Gasteiger partial charge in [0.25, 0.3) is 0 Å². The van der Waals surface area contributed by atoms with Gasteiger partial charge in [-0.15, -0.1) is 0 Å². The van der Waals surface area contributed by atoms with Gasteiger partial charge in [-0.2, -0.15) is 0 Å². The minimum Gasteiger partial charge on any atom is -0.493 e. The van der Waals surface area contributed by atoms with Crippen LogP contribution in [0.1, 0.15) is 109 Å². The fraction of sp³-hybridized carbons (Fsp3) is 0.647. The monoisotopic (exact) mass is 526 g/mol. The zero-order valence-electron chi connectivity index (χ0n) is 24.0. The number of hydrogen-bond donors (Lipinski definition) is 0. The Hall–Kier alpha value is -1.91. The van der Waals surface area contributed by atoms with Crippen molar-refractivity contribution in [3.8, 4) is 16.9 Å². The molecule has 0 amide bonds. The van der Waals surface area contributed by atoms with Crippen LogP contribution in [-0.4, -0.2) is 26.1 Å². The molecule has 38 heavy (non-hydrogen) atoms.